The van der Waals surface area contributed by atoms with E-state index in [9.17, 15) is 14.4 Å². The van der Waals surface area contributed by atoms with Crippen LogP contribution in [0.4, 0.5) is 0 Å². The topological polar surface area (TPSA) is 63.7 Å². The molecule has 2 atom stereocenters. The van der Waals surface area contributed by atoms with Crippen molar-refractivity contribution >= 4 is 17.8 Å². The lowest BCUT2D eigenvalue weighted by atomic mass is 10.1. The summed E-state index contributed by atoms with van der Waals surface area (Å²) in [7, 11) is 0. The Labute approximate surface area is 110 Å². The fraction of sp³-hybridized carbons (Fsp3) is 0.357. The second kappa shape index (κ2) is 4.19. The highest BCUT2D eigenvalue weighted by Gasteiger charge is 2.42. The van der Waals surface area contributed by atoms with E-state index in [1.807, 2.05) is 6.92 Å². The number of ether oxygens (including phenoxy) is 1. The molecule has 1 fully saturated rings. The van der Waals surface area contributed by atoms with E-state index >= 15 is 0 Å². The lowest BCUT2D eigenvalue weighted by molar-refractivity contribution is -0.148. The normalized spacial score (nSPS) is 24.4. The standard InChI is InChI=1S/C14H13NO4/c1-8-6-11(8)14(18)19-7-15-12(16)9-4-2-3-5-10(9)13(15)17/h2-5,8,11H,6-7H2,1H3/t8-,11-/m0/s1. The molecule has 1 aromatic rings. The average molecular weight is 259 g/mol. The molecule has 5 heteroatoms. The first-order chi connectivity index (χ1) is 9.09. The number of amides is 2. The summed E-state index contributed by atoms with van der Waals surface area (Å²) in [4.78, 5) is 36.5. The van der Waals surface area contributed by atoms with Gasteiger partial charge in [0.2, 0.25) is 0 Å². The zero-order valence-corrected chi connectivity index (χ0v) is 10.5. The first-order valence-electron chi connectivity index (χ1n) is 6.21. The van der Waals surface area contributed by atoms with Crippen molar-refractivity contribution in [2.45, 2.75) is 13.3 Å². The third-order valence-corrected chi connectivity index (χ3v) is 3.63. The van der Waals surface area contributed by atoms with Crippen LogP contribution in [-0.4, -0.2) is 29.4 Å². The largest absolute Gasteiger partial charge is 0.443 e. The van der Waals surface area contributed by atoms with Gasteiger partial charge >= 0.3 is 5.97 Å². The predicted octanol–water partition coefficient (Wildman–Crippen LogP) is 1.44. The van der Waals surface area contributed by atoms with Gasteiger partial charge in [-0.25, -0.2) is 4.90 Å². The number of esters is 1. The van der Waals surface area contributed by atoms with E-state index in [0.29, 0.717) is 17.0 Å². The van der Waals surface area contributed by atoms with E-state index in [2.05, 4.69) is 0 Å². The van der Waals surface area contributed by atoms with E-state index in [-0.39, 0.29) is 18.6 Å². The molecule has 98 valence electrons. The monoisotopic (exact) mass is 259 g/mol. The Morgan fingerprint density at radius 1 is 1.26 bits per heavy atom. The molecule has 1 heterocycles. The molecule has 1 aromatic carbocycles. The Kier molecular flexibility index (Phi) is 2.62. The Balaban J connectivity index is 1.69. The van der Waals surface area contributed by atoms with Crippen LogP contribution in [-0.2, 0) is 9.53 Å². The molecule has 1 aliphatic heterocycles. The highest BCUT2D eigenvalue weighted by Crippen LogP contribution is 2.38. The molecule has 0 saturated heterocycles. The number of hydrogen-bond acceptors (Lipinski definition) is 4. The minimum Gasteiger partial charge on any atom is -0.443 e. The maximum absolute atomic E-state index is 12.0. The van der Waals surface area contributed by atoms with E-state index in [4.69, 9.17) is 4.74 Å². The Hall–Kier alpha value is -2.17. The molecule has 0 aromatic heterocycles. The van der Waals surface area contributed by atoms with Gasteiger partial charge in [0.1, 0.15) is 0 Å². The third kappa shape index (κ3) is 1.91. The third-order valence-electron chi connectivity index (χ3n) is 3.63. The molecule has 0 unspecified atom stereocenters. The molecule has 5 nitrogen and oxygen atoms in total. The number of carbonyl (C=O) groups excluding carboxylic acids is 3. The molecule has 2 aliphatic rings. The highest BCUT2D eigenvalue weighted by molar-refractivity contribution is 6.21. The molecular weight excluding hydrogens is 246 g/mol. The lowest BCUT2D eigenvalue weighted by Gasteiger charge is -2.13. The summed E-state index contributed by atoms with van der Waals surface area (Å²) in [5.41, 5.74) is 0.728. The van der Waals surface area contributed by atoms with Crippen LogP contribution in [0.5, 0.6) is 0 Å². The van der Waals surface area contributed by atoms with E-state index in [1.165, 1.54) is 0 Å². The zero-order valence-electron chi connectivity index (χ0n) is 10.5. The van der Waals surface area contributed by atoms with Crippen LogP contribution in [0.15, 0.2) is 24.3 Å². The highest BCUT2D eigenvalue weighted by atomic mass is 16.5. The van der Waals surface area contributed by atoms with Gasteiger partial charge in [-0.15, -0.1) is 0 Å². The number of hydrogen-bond donors (Lipinski definition) is 0. The number of carbonyl (C=O) groups is 3. The number of imide groups is 1. The van der Waals surface area contributed by atoms with E-state index in [0.717, 1.165) is 11.3 Å². The molecule has 19 heavy (non-hydrogen) atoms. The molecule has 0 bridgehead atoms. The quantitative estimate of drug-likeness (QED) is 0.608. The van der Waals surface area contributed by atoms with Crippen molar-refractivity contribution in [3.8, 4) is 0 Å². The summed E-state index contributed by atoms with van der Waals surface area (Å²) in [6.07, 6.45) is 0.820. The van der Waals surface area contributed by atoms with Crippen LogP contribution >= 0.6 is 0 Å². The maximum Gasteiger partial charge on any atom is 0.310 e. The molecule has 0 spiro atoms. The van der Waals surface area contributed by atoms with Crippen molar-refractivity contribution < 1.29 is 19.1 Å². The van der Waals surface area contributed by atoms with Gasteiger partial charge in [0.05, 0.1) is 17.0 Å². The van der Waals surface area contributed by atoms with Crippen LogP contribution in [0.3, 0.4) is 0 Å². The minimum absolute atomic E-state index is 0.0739. The second-order valence-electron chi connectivity index (χ2n) is 5.00. The van der Waals surface area contributed by atoms with Crippen LogP contribution in [0, 0.1) is 11.8 Å². The van der Waals surface area contributed by atoms with Crippen molar-refractivity contribution in [3.05, 3.63) is 35.4 Å². The number of rotatable bonds is 3. The predicted molar refractivity (Wildman–Crippen MR) is 65.2 cm³/mol. The van der Waals surface area contributed by atoms with Gasteiger partial charge in [0.15, 0.2) is 6.73 Å². The SMILES string of the molecule is C[C@H]1C[C@@H]1C(=O)OCN1C(=O)c2ccccc2C1=O. The van der Waals surface area contributed by atoms with Crippen molar-refractivity contribution in [1.82, 2.24) is 4.90 Å². The van der Waals surface area contributed by atoms with Gasteiger partial charge < -0.3 is 4.74 Å². The summed E-state index contributed by atoms with van der Waals surface area (Å²) >= 11 is 0. The summed E-state index contributed by atoms with van der Waals surface area (Å²) in [6.45, 7) is 1.67. The first kappa shape index (κ1) is 11.9. The number of benzene rings is 1. The van der Waals surface area contributed by atoms with Crippen LogP contribution in [0.1, 0.15) is 34.1 Å². The summed E-state index contributed by atoms with van der Waals surface area (Å²) in [5, 5.41) is 0. The van der Waals surface area contributed by atoms with Crippen molar-refractivity contribution in [1.29, 1.82) is 0 Å². The molecule has 0 N–H and O–H groups in total. The van der Waals surface area contributed by atoms with Crippen LogP contribution in [0.2, 0.25) is 0 Å². The van der Waals surface area contributed by atoms with Gasteiger partial charge in [0, 0.05) is 0 Å². The van der Waals surface area contributed by atoms with Gasteiger partial charge in [-0.1, -0.05) is 19.1 Å². The zero-order chi connectivity index (χ0) is 13.6. The molecular formula is C14H13NO4. The van der Waals surface area contributed by atoms with Crippen molar-refractivity contribution in [2.75, 3.05) is 6.73 Å². The molecule has 3 rings (SSSR count). The van der Waals surface area contributed by atoms with Gasteiger partial charge in [0.25, 0.3) is 11.8 Å². The van der Waals surface area contributed by atoms with Crippen molar-refractivity contribution in [2.24, 2.45) is 11.8 Å². The molecule has 1 aliphatic carbocycles. The van der Waals surface area contributed by atoms with Gasteiger partial charge in [-0.3, -0.25) is 14.4 Å². The molecule has 1 saturated carbocycles. The van der Waals surface area contributed by atoms with E-state index < -0.39 is 11.8 Å². The number of fused-ring (bicyclic) bond motifs is 1. The van der Waals surface area contributed by atoms with E-state index in [1.54, 1.807) is 24.3 Å². The average Bonchev–Trinajstić information content (AvgIpc) is 3.09. The van der Waals surface area contributed by atoms with Crippen LogP contribution in [0.25, 0.3) is 0 Å². The van der Waals surface area contributed by atoms with Crippen LogP contribution < -0.4 is 0 Å². The second-order valence-corrected chi connectivity index (χ2v) is 5.00. The number of nitrogens with zero attached hydrogens (tertiary/aromatic N) is 1. The summed E-state index contributed by atoms with van der Waals surface area (Å²) in [5.74, 6) is -0.872. The lowest BCUT2D eigenvalue weighted by Crippen LogP contribution is -2.33. The molecule has 2 amide bonds. The smallest absolute Gasteiger partial charge is 0.310 e. The summed E-state index contributed by atoms with van der Waals surface area (Å²) < 4.78 is 5.04. The minimum atomic E-state index is -0.405. The fourth-order valence-corrected chi connectivity index (χ4v) is 2.24. The Bertz CT molecular complexity index is 546. The first-order valence-corrected chi connectivity index (χ1v) is 6.21. The van der Waals surface area contributed by atoms with Gasteiger partial charge in [-0.2, -0.15) is 0 Å². The fourth-order valence-electron chi connectivity index (χ4n) is 2.24. The molecule has 0 radical (unpaired) electrons. The van der Waals surface area contributed by atoms with Gasteiger partial charge in [-0.05, 0) is 24.5 Å². The van der Waals surface area contributed by atoms with Crippen molar-refractivity contribution in [3.63, 3.8) is 0 Å². The Morgan fingerprint density at radius 3 is 2.26 bits per heavy atom. The Morgan fingerprint density at radius 2 is 1.79 bits per heavy atom. The summed E-state index contributed by atoms with van der Waals surface area (Å²) in [6, 6.07) is 6.59. The maximum atomic E-state index is 12.0.